The summed E-state index contributed by atoms with van der Waals surface area (Å²) in [6.07, 6.45) is -1.34. The molecule has 1 heterocycles. The van der Waals surface area contributed by atoms with E-state index in [0.717, 1.165) is 4.90 Å². The number of rotatable bonds is 7. The molecular formula is C20H17N3O5S. The number of amides is 2. The lowest BCUT2D eigenvalue weighted by atomic mass is 10.1. The van der Waals surface area contributed by atoms with Crippen molar-refractivity contribution in [3.8, 4) is 11.8 Å². The zero-order chi connectivity index (χ0) is 20.6. The molecule has 9 heteroatoms. The lowest BCUT2D eigenvalue weighted by molar-refractivity contribution is -0.150. The van der Waals surface area contributed by atoms with Crippen LogP contribution in [0.3, 0.4) is 0 Å². The van der Waals surface area contributed by atoms with E-state index in [1.54, 1.807) is 48.5 Å². The Morgan fingerprint density at radius 2 is 1.97 bits per heavy atom. The van der Waals surface area contributed by atoms with Crippen molar-refractivity contribution in [1.82, 2.24) is 0 Å². The number of fused-ring (bicyclic) bond motifs is 1. The maximum absolute atomic E-state index is 12.1. The molecule has 2 aromatic rings. The van der Waals surface area contributed by atoms with Crippen molar-refractivity contribution >= 4 is 40.9 Å². The molecule has 8 nitrogen and oxygen atoms in total. The van der Waals surface area contributed by atoms with Crippen LogP contribution in [0, 0.1) is 11.3 Å². The minimum atomic E-state index is -1.02. The summed E-state index contributed by atoms with van der Waals surface area (Å²) >= 11 is 1.29. The average Bonchev–Trinajstić information content (AvgIpc) is 2.72. The van der Waals surface area contributed by atoms with Gasteiger partial charge in [-0.15, -0.1) is 11.8 Å². The van der Waals surface area contributed by atoms with Crippen LogP contribution in [0.1, 0.15) is 6.42 Å². The van der Waals surface area contributed by atoms with E-state index >= 15 is 0 Å². The van der Waals surface area contributed by atoms with Gasteiger partial charge in [0, 0.05) is 4.90 Å². The first-order valence-electron chi connectivity index (χ1n) is 8.67. The molecule has 148 valence electrons. The number of thioether (sulfide) groups is 1. The molecule has 3 rings (SSSR count). The average molecular weight is 411 g/mol. The Morgan fingerprint density at radius 1 is 1.21 bits per heavy atom. The van der Waals surface area contributed by atoms with Crippen LogP contribution in [-0.4, -0.2) is 36.2 Å². The van der Waals surface area contributed by atoms with E-state index in [1.165, 1.54) is 11.8 Å². The van der Waals surface area contributed by atoms with Gasteiger partial charge in [0.1, 0.15) is 5.75 Å². The van der Waals surface area contributed by atoms with Crippen LogP contribution in [0.5, 0.6) is 5.75 Å². The van der Waals surface area contributed by atoms with Crippen LogP contribution in [0.25, 0.3) is 0 Å². The lowest BCUT2D eigenvalue weighted by Gasteiger charge is -2.25. The number of nitrogens with zero attached hydrogens (tertiary/aromatic N) is 1. The van der Waals surface area contributed by atoms with Crippen molar-refractivity contribution in [3.63, 3.8) is 0 Å². The number of esters is 1. The highest BCUT2D eigenvalue weighted by molar-refractivity contribution is 7.99. The van der Waals surface area contributed by atoms with Gasteiger partial charge >= 0.3 is 5.97 Å². The molecule has 2 N–H and O–H groups in total. The maximum atomic E-state index is 12.1. The summed E-state index contributed by atoms with van der Waals surface area (Å²) in [5.74, 6) is -0.994. The summed E-state index contributed by atoms with van der Waals surface area (Å²) in [6.45, 7) is -0.499. The maximum Gasteiger partial charge on any atom is 0.310 e. The molecule has 1 atom stereocenters. The smallest absolute Gasteiger partial charge is 0.310 e. The number of nitriles is 1. The van der Waals surface area contributed by atoms with E-state index in [4.69, 9.17) is 14.7 Å². The van der Waals surface area contributed by atoms with Crippen molar-refractivity contribution in [2.75, 3.05) is 23.0 Å². The number of anilines is 2. The highest BCUT2D eigenvalue weighted by Gasteiger charge is 2.30. The van der Waals surface area contributed by atoms with E-state index in [9.17, 15) is 14.4 Å². The Balaban J connectivity index is 1.49. The molecule has 0 radical (unpaired) electrons. The Bertz CT molecular complexity index is 973. The minimum absolute atomic E-state index is 0.244. The van der Waals surface area contributed by atoms with Gasteiger partial charge in [0.2, 0.25) is 0 Å². The number of para-hydroxylation sites is 3. The van der Waals surface area contributed by atoms with E-state index in [-0.39, 0.29) is 12.2 Å². The SMILES string of the molecule is N#CCSc1ccccc1NC(=O)COC(=O)C[C@H]1Oc2ccccc2NC1=O. The number of nitrogens with one attached hydrogen (secondary N) is 2. The minimum Gasteiger partial charge on any atom is -0.478 e. The summed E-state index contributed by atoms with van der Waals surface area (Å²) in [6, 6.07) is 15.9. The van der Waals surface area contributed by atoms with Gasteiger partial charge in [0.25, 0.3) is 11.8 Å². The standard InChI is InChI=1S/C20H17N3O5S/c21-9-10-29-17-8-4-2-6-14(17)22-18(24)12-27-19(25)11-16-20(26)23-13-5-1-3-7-15(13)28-16/h1-8,16H,10-12H2,(H,22,24)(H,23,26)/t16-/m1/s1. The molecule has 29 heavy (non-hydrogen) atoms. The Labute approximate surface area is 171 Å². The summed E-state index contributed by atoms with van der Waals surface area (Å²) in [7, 11) is 0. The van der Waals surface area contributed by atoms with Crippen molar-refractivity contribution in [2.24, 2.45) is 0 Å². The molecule has 0 aromatic heterocycles. The highest BCUT2D eigenvalue weighted by Crippen LogP contribution is 2.29. The molecular weight excluding hydrogens is 394 g/mol. The molecule has 1 aliphatic rings. The fourth-order valence-corrected chi connectivity index (χ4v) is 3.24. The summed E-state index contributed by atoms with van der Waals surface area (Å²) in [4.78, 5) is 36.9. The molecule has 0 bridgehead atoms. The number of hydrogen-bond donors (Lipinski definition) is 2. The molecule has 2 amide bonds. The van der Waals surface area contributed by atoms with Gasteiger partial charge < -0.3 is 20.1 Å². The normalized spacial score (nSPS) is 14.6. The first-order chi connectivity index (χ1) is 14.1. The van der Waals surface area contributed by atoms with Crippen LogP contribution in [0.4, 0.5) is 11.4 Å². The Morgan fingerprint density at radius 3 is 2.79 bits per heavy atom. The molecule has 1 aliphatic heterocycles. The molecule has 0 saturated carbocycles. The zero-order valence-electron chi connectivity index (χ0n) is 15.2. The summed E-state index contributed by atoms with van der Waals surface area (Å²) < 4.78 is 10.5. The monoisotopic (exact) mass is 411 g/mol. The third kappa shape index (κ3) is 5.49. The molecule has 0 unspecified atom stereocenters. The van der Waals surface area contributed by atoms with Gasteiger partial charge in [0.15, 0.2) is 12.7 Å². The fraction of sp³-hybridized carbons (Fsp3) is 0.200. The van der Waals surface area contributed by atoms with Crippen molar-refractivity contribution < 1.29 is 23.9 Å². The number of ether oxygens (including phenoxy) is 2. The van der Waals surface area contributed by atoms with Gasteiger partial charge in [-0.05, 0) is 24.3 Å². The van der Waals surface area contributed by atoms with Gasteiger partial charge in [-0.2, -0.15) is 5.26 Å². The number of hydrogen-bond acceptors (Lipinski definition) is 7. The molecule has 0 spiro atoms. The first kappa shape index (κ1) is 20.2. The van der Waals surface area contributed by atoms with Crippen molar-refractivity contribution in [1.29, 1.82) is 5.26 Å². The Hall–Kier alpha value is -3.51. The van der Waals surface area contributed by atoms with E-state index in [1.807, 2.05) is 6.07 Å². The number of benzene rings is 2. The van der Waals surface area contributed by atoms with Gasteiger partial charge in [-0.3, -0.25) is 14.4 Å². The second kappa shape index (κ2) is 9.61. The number of carbonyl (C=O) groups excluding carboxylic acids is 3. The van der Waals surface area contributed by atoms with Crippen molar-refractivity contribution in [3.05, 3.63) is 48.5 Å². The van der Waals surface area contributed by atoms with E-state index in [2.05, 4.69) is 10.6 Å². The summed E-state index contributed by atoms with van der Waals surface area (Å²) in [5.41, 5.74) is 1.06. The highest BCUT2D eigenvalue weighted by atomic mass is 32.2. The quantitative estimate of drug-likeness (QED) is 0.531. The van der Waals surface area contributed by atoms with Crippen LogP contribution in [-0.2, 0) is 19.1 Å². The second-order valence-corrected chi connectivity index (χ2v) is 6.97. The fourth-order valence-electron chi connectivity index (χ4n) is 2.58. The first-order valence-corrected chi connectivity index (χ1v) is 9.66. The Kier molecular flexibility index (Phi) is 6.71. The van der Waals surface area contributed by atoms with Crippen LogP contribution < -0.4 is 15.4 Å². The van der Waals surface area contributed by atoms with Crippen LogP contribution in [0.2, 0.25) is 0 Å². The predicted molar refractivity (Wildman–Crippen MR) is 106 cm³/mol. The van der Waals surface area contributed by atoms with Crippen LogP contribution >= 0.6 is 11.8 Å². The number of carbonyl (C=O) groups is 3. The second-order valence-electron chi connectivity index (χ2n) is 5.95. The van der Waals surface area contributed by atoms with Gasteiger partial charge in [0.05, 0.1) is 29.6 Å². The lowest BCUT2D eigenvalue weighted by Crippen LogP contribution is -2.39. The van der Waals surface area contributed by atoms with Crippen molar-refractivity contribution in [2.45, 2.75) is 17.4 Å². The molecule has 2 aromatic carbocycles. The van der Waals surface area contributed by atoms with E-state index < -0.39 is 30.5 Å². The third-order valence-corrected chi connectivity index (χ3v) is 4.82. The third-order valence-electron chi connectivity index (χ3n) is 3.88. The topological polar surface area (TPSA) is 118 Å². The van der Waals surface area contributed by atoms with E-state index in [0.29, 0.717) is 17.1 Å². The zero-order valence-corrected chi connectivity index (χ0v) is 16.0. The van der Waals surface area contributed by atoms with Crippen LogP contribution in [0.15, 0.2) is 53.4 Å². The predicted octanol–water partition coefficient (Wildman–Crippen LogP) is 2.57. The summed E-state index contributed by atoms with van der Waals surface area (Å²) in [5, 5.41) is 14.0. The van der Waals surface area contributed by atoms with Gasteiger partial charge in [-0.1, -0.05) is 24.3 Å². The largest absolute Gasteiger partial charge is 0.478 e. The molecule has 0 fully saturated rings. The molecule has 0 aliphatic carbocycles. The molecule has 0 saturated heterocycles. The van der Waals surface area contributed by atoms with Gasteiger partial charge in [-0.25, -0.2) is 0 Å².